The van der Waals surface area contributed by atoms with Crippen LogP contribution in [0.2, 0.25) is 0 Å². The third-order valence-electron chi connectivity index (χ3n) is 4.88. The van der Waals surface area contributed by atoms with Crippen LogP contribution in [0.15, 0.2) is 29.9 Å². The van der Waals surface area contributed by atoms with Gasteiger partial charge in [-0.1, -0.05) is 39.2 Å². The molecule has 2 aliphatic rings. The lowest BCUT2D eigenvalue weighted by Gasteiger charge is -2.44. The van der Waals surface area contributed by atoms with E-state index in [1.807, 2.05) is 20.8 Å². The van der Waals surface area contributed by atoms with Crippen molar-refractivity contribution in [1.82, 2.24) is 9.80 Å². The van der Waals surface area contributed by atoms with Crippen LogP contribution in [0, 0.1) is 5.92 Å². The molecule has 0 bridgehead atoms. The number of nitrogens with zero attached hydrogens (tertiary/aromatic N) is 3. The first-order chi connectivity index (χ1) is 12.7. The first kappa shape index (κ1) is 21.5. The molecule has 1 aliphatic carbocycles. The summed E-state index contributed by atoms with van der Waals surface area (Å²) in [4.78, 5) is 21.9. The molecule has 1 aliphatic heterocycles. The van der Waals surface area contributed by atoms with Crippen LogP contribution in [0.25, 0.3) is 0 Å². The van der Waals surface area contributed by atoms with Crippen LogP contribution < -0.4 is 0 Å². The number of hydrogen-bond donors (Lipinski definition) is 0. The van der Waals surface area contributed by atoms with Gasteiger partial charge in [0.05, 0.1) is 12.6 Å². The quantitative estimate of drug-likeness (QED) is 0.609. The van der Waals surface area contributed by atoms with Crippen LogP contribution in [0.5, 0.6) is 0 Å². The Labute approximate surface area is 165 Å². The van der Waals surface area contributed by atoms with Gasteiger partial charge < -0.3 is 9.64 Å². The van der Waals surface area contributed by atoms with Crippen molar-refractivity contribution in [2.75, 3.05) is 6.54 Å². The zero-order valence-electron chi connectivity index (χ0n) is 17.8. The van der Waals surface area contributed by atoms with Crippen molar-refractivity contribution < 1.29 is 9.53 Å². The first-order valence-corrected chi connectivity index (χ1v) is 10.4. The molecule has 5 nitrogen and oxygen atoms in total. The molecule has 0 saturated heterocycles. The normalized spacial score (nSPS) is 23.2. The average molecular weight is 376 g/mol. The van der Waals surface area contributed by atoms with Gasteiger partial charge in [-0.3, -0.25) is 0 Å². The standard InChI is InChI=1S/C22H37N3O2/c1-7-14-23-20-24(18-11-9-8-10-12-18)15-13-19(16-17(2)3)25(20)21(26)27-22(4,5)6/h7,13,15,17-19H,1,8-12,14,16H2,2-6H3/t19-/m1/s1. The monoisotopic (exact) mass is 375 g/mol. The van der Waals surface area contributed by atoms with Crippen LogP contribution in [0.1, 0.15) is 73.1 Å². The second-order valence-electron chi connectivity index (χ2n) is 9.02. The first-order valence-electron chi connectivity index (χ1n) is 10.4. The van der Waals surface area contributed by atoms with Gasteiger partial charge in [0.2, 0.25) is 5.96 Å². The number of hydrogen-bond acceptors (Lipinski definition) is 3. The van der Waals surface area contributed by atoms with Gasteiger partial charge in [-0.25, -0.2) is 14.7 Å². The molecule has 0 aromatic rings. The largest absolute Gasteiger partial charge is 0.443 e. The summed E-state index contributed by atoms with van der Waals surface area (Å²) in [5, 5.41) is 0. The minimum Gasteiger partial charge on any atom is -0.443 e. The molecule has 0 spiro atoms. The smallest absolute Gasteiger partial charge is 0.417 e. The van der Waals surface area contributed by atoms with E-state index < -0.39 is 5.60 Å². The molecule has 0 unspecified atom stereocenters. The Morgan fingerprint density at radius 1 is 1.33 bits per heavy atom. The Morgan fingerprint density at radius 3 is 2.56 bits per heavy atom. The molecular formula is C22H37N3O2. The third-order valence-corrected chi connectivity index (χ3v) is 4.88. The summed E-state index contributed by atoms with van der Waals surface area (Å²) >= 11 is 0. The number of carbonyl (C=O) groups is 1. The summed E-state index contributed by atoms with van der Waals surface area (Å²) in [6.07, 6.45) is 12.6. The minimum absolute atomic E-state index is 0.0387. The van der Waals surface area contributed by atoms with E-state index in [0.717, 1.165) is 19.3 Å². The lowest BCUT2D eigenvalue weighted by atomic mass is 9.93. The van der Waals surface area contributed by atoms with Crippen LogP contribution in [-0.2, 0) is 4.74 Å². The molecule has 5 heteroatoms. The van der Waals surface area contributed by atoms with Crippen LogP contribution in [-0.4, -0.2) is 46.1 Å². The fraction of sp³-hybridized carbons (Fsp3) is 0.727. The predicted octanol–water partition coefficient (Wildman–Crippen LogP) is 5.34. The van der Waals surface area contributed by atoms with E-state index in [-0.39, 0.29) is 12.1 Å². The highest BCUT2D eigenvalue weighted by molar-refractivity contribution is 5.96. The number of amides is 1. The molecule has 152 valence electrons. The zero-order valence-corrected chi connectivity index (χ0v) is 17.8. The lowest BCUT2D eigenvalue weighted by Crippen LogP contribution is -2.57. The van der Waals surface area contributed by atoms with Gasteiger partial charge in [-0.2, -0.15) is 0 Å². The second-order valence-corrected chi connectivity index (χ2v) is 9.02. The Morgan fingerprint density at radius 2 is 2.00 bits per heavy atom. The number of guanidine groups is 1. The lowest BCUT2D eigenvalue weighted by molar-refractivity contribution is 0.0289. The molecule has 0 N–H and O–H groups in total. The maximum Gasteiger partial charge on any atom is 0.417 e. The van der Waals surface area contributed by atoms with Gasteiger partial charge in [0.25, 0.3) is 0 Å². The van der Waals surface area contributed by atoms with E-state index >= 15 is 0 Å². The molecule has 27 heavy (non-hydrogen) atoms. The van der Waals surface area contributed by atoms with Gasteiger partial charge in [-0.15, -0.1) is 6.58 Å². The third kappa shape index (κ3) is 6.12. The van der Waals surface area contributed by atoms with Crippen molar-refractivity contribution in [3.05, 3.63) is 24.9 Å². The molecule has 2 rings (SSSR count). The minimum atomic E-state index is -0.542. The van der Waals surface area contributed by atoms with E-state index in [9.17, 15) is 4.79 Å². The van der Waals surface area contributed by atoms with E-state index in [1.165, 1.54) is 19.3 Å². The molecule has 0 aromatic carbocycles. The van der Waals surface area contributed by atoms with Gasteiger partial charge >= 0.3 is 6.09 Å². The van der Waals surface area contributed by atoms with E-state index in [1.54, 1.807) is 11.0 Å². The molecule has 1 heterocycles. The van der Waals surface area contributed by atoms with Crippen molar-refractivity contribution in [2.24, 2.45) is 10.9 Å². The second kappa shape index (κ2) is 9.43. The van der Waals surface area contributed by atoms with Crippen molar-refractivity contribution in [3.8, 4) is 0 Å². The summed E-state index contributed by atoms with van der Waals surface area (Å²) in [7, 11) is 0. The summed E-state index contributed by atoms with van der Waals surface area (Å²) < 4.78 is 5.75. The zero-order chi connectivity index (χ0) is 20.0. The van der Waals surface area contributed by atoms with Crippen molar-refractivity contribution in [3.63, 3.8) is 0 Å². The van der Waals surface area contributed by atoms with Crippen molar-refractivity contribution in [2.45, 2.75) is 90.8 Å². The van der Waals surface area contributed by atoms with Crippen LogP contribution >= 0.6 is 0 Å². The van der Waals surface area contributed by atoms with Crippen LogP contribution in [0.4, 0.5) is 4.79 Å². The summed E-state index contributed by atoms with van der Waals surface area (Å²) in [6, 6.07) is 0.353. The van der Waals surface area contributed by atoms with Gasteiger partial charge in [-0.05, 0) is 52.0 Å². The molecule has 0 aromatic heterocycles. The number of ether oxygens (including phenoxy) is 1. The molecule has 1 fully saturated rings. The van der Waals surface area contributed by atoms with Gasteiger partial charge in [0.15, 0.2) is 0 Å². The predicted molar refractivity (Wildman–Crippen MR) is 112 cm³/mol. The fourth-order valence-electron chi connectivity index (χ4n) is 3.76. The molecule has 0 radical (unpaired) electrons. The van der Waals surface area contributed by atoms with Crippen LogP contribution in [0.3, 0.4) is 0 Å². The Bertz CT molecular complexity index is 569. The molecule has 1 atom stereocenters. The summed E-state index contributed by atoms with van der Waals surface area (Å²) in [5.74, 6) is 1.18. The SMILES string of the molecule is C=CCN=C1N(C2CCCCC2)C=C[C@H](CC(C)C)N1C(=O)OC(C)(C)C. The number of aliphatic imine (C=N–C) groups is 1. The maximum absolute atomic E-state index is 13.1. The summed E-state index contributed by atoms with van der Waals surface area (Å²) in [5.41, 5.74) is -0.542. The molecule has 1 amide bonds. The maximum atomic E-state index is 13.1. The van der Waals surface area contributed by atoms with Gasteiger partial charge in [0.1, 0.15) is 5.60 Å². The molecule has 1 saturated carbocycles. The highest BCUT2D eigenvalue weighted by Crippen LogP contribution is 2.29. The molecular weight excluding hydrogens is 338 g/mol. The highest BCUT2D eigenvalue weighted by atomic mass is 16.6. The van der Waals surface area contributed by atoms with Crippen molar-refractivity contribution in [1.29, 1.82) is 0 Å². The topological polar surface area (TPSA) is 45.1 Å². The fourth-order valence-corrected chi connectivity index (χ4v) is 3.76. The van der Waals surface area contributed by atoms with E-state index in [2.05, 4.69) is 37.6 Å². The Hall–Kier alpha value is -1.78. The Kier molecular flexibility index (Phi) is 7.51. The average Bonchev–Trinajstić information content (AvgIpc) is 2.58. The van der Waals surface area contributed by atoms with E-state index in [0.29, 0.717) is 24.5 Å². The van der Waals surface area contributed by atoms with Gasteiger partial charge in [0, 0.05) is 12.2 Å². The number of rotatable bonds is 5. The Balaban J connectivity index is 2.39. The number of carbonyl (C=O) groups excluding carboxylic acids is 1. The van der Waals surface area contributed by atoms with E-state index in [4.69, 9.17) is 9.73 Å². The summed E-state index contributed by atoms with van der Waals surface area (Å²) in [6.45, 7) is 14.4. The highest BCUT2D eigenvalue weighted by Gasteiger charge is 2.38. The van der Waals surface area contributed by atoms with Crippen molar-refractivity contribution >= 4 is 12.1 Å².